The Morgan fingerprint density at radius 1 is 0.769 bits per heavy atom. The van der Waals surface area contributed by atoms with Gasteiger partial charge >= 0.3 is 6.01 Å². The number of hydrogen-bond donors (Lipinski definition) is 0. The first kappa shape index (κ1) is 25.9. The highest BCUT2D eigenvalue weighted by Gasteiger charge is 2.34. The molecule has 1 aliphatic heterocycles. The second kappa shape index (κ2) is 11.8. The monoisotopic (exact) mass is 528 g/mol. The fourth-order valence-electron chi connectivity index (χ4n) is 4.18. The van der Waals surface area contributed by atoms with Crippen LogP contribution in [0.15, 0.2) is 72.8 Å². The first-order valence-corrected chi connectivity index (χ1v) is 12.6. The smallest absolute Gasteiger partial charge is 0.336 e. The number of nitrogens with zero attached hydrogens (tertiary/aromatic N) is 4. The minimum atomic E-state index is -0.299. The van der Waals surface area contributed by atoms with Crippen molar-refractivity contribution in [3.63, 3.8) is 0 Å². The Bertz CT molecular complexity index is 1410. The molecule has 0 bridgehead atoms. The van der Waals surface area contributed by atoms with Gasteiger partial charge in [0.05, 0.1) is 37.1 Å². The largest absolute Gasteiger partial charge is 0.497 e. The van der Waals surface area contributed by atoms with Gasteiger partial charge < -0.3 is 18.9 Å². The summed E-state index contributed by atoms with van der Waals surface area (Å²) < 4.78 is 23.8. The molecule has 0 aliphatic carbocycles. The summed E-state index contributed by atoms with van der Waals surface area (Å²) in [5.74, 6) is 1.32. The fraction of sp³-hybridized carbons (Fsp3) is 0.241. The van der Waals surface area contributed by atoms with Crippen LogP contribution < -0.4 is 14.2 Å². The number of fused-ring (bicyclic) bond motifs is 1. The van der Waals surface area contributed by atoms with Crippen LogP contribution in [0.2, 0.25) is 0 Å². The van der Waals surface area contributed by atoms with Crippen LogP contribution in [0.25, 0.3) is 17.1 Å². The topological polar surface area (TPSA) is 105 Å². The van der Waals surface area contributed by atoms with E-state index >= 15 is 0 Å². The molecule has 0 saturated heterocycles. The third-order valence-corrected chi connectivity index (χ3v) is 6.14. The molecule has 4 aromatic rings. The number of benzene rings is 3. The average molecular weight is 529 g/mol. The molecule has 2 amide bonds. The van der Waals surface area contributed by atoms with Crippen LogP contribution in [0.5, 0.6) is 17.5 Å². The molecule has 0 unspecified atom stereocenters. The van der Waals surface area contributed by atoms with Gasteiger partial charge in [-0.25, -0.2) is 4.68 Å². The summed E-state index contributed by atoms with van der Waals surface area (Å²) in [4.78, 5) is 30.9. The minimum absolute atomic E-state index is 0.155. The predicted octanol–water partition coefficient (Wildman–Crippen LogP) is 4.03. The average Bonchev–Trinajstić information content (AvgIpc) is 3.51. The molecule has 0 spiro atoms. The molecule has 39 heavy (non-hydrogen) atoms. The van der Waals surface area contributed by atoms with Crippen LogP contribution in [0, 0.1) is 0 Å². The zero-order chi connectivity index (χ0) is 27.2. The lowest BCUT2D eigenvalue weighted by atomic mass is 10.1. The predicted molar refractivity (Wildman–Crippen MR) is 143 cm³/mol. The maximum atomic E-state index is 12.5. The highest BCUT2D eigenvalue weighted by molar-refractivity contribution is 6.21. The summed E-state index contributed by atoms with van der Waals surface area (Å²) in [6.45, 7) is 3.63. The highest BCUT2D eigenvalue weighted by Crippen LogP contribution is 2.27. The van der Waals surface area contributed by atoms with Gasteiger partial charge in [0.1, 0.15) is 24.7 Å². The van der Waals surface area contributed by atoms with Crippen molar-refractivity contribution in [3.8, 4) is 34.6 Å². The number of methoxy groups -OCH3 is 1. The molecule has 0 atom stereocenters. The standard InChI is InChI=1S/C29H28N4O6/c1-3-37-18-19-39-29-30-26(33(31-29)21-10-14-22(36-2)15-11-21)20-8-12-23(13-9-20)38-17-16-32-27(34)24-6-4-5-7-25(24)28(32)35/h4-15H,3,16-19H2,1-2H3. The molecule has 10 nitrogen and oxygen atoms in total. The van der Waals surface area contributed by atoms with Crippen molar-refractivity contribution in [2.24, 2.45) is 0 Å². The maximum absolute atomic E-state index is 12.5. The Labute approximate surface area is 225 Å². The molecule has 0 N–H and O–H groups in total. The summed E-state index contributed by atoms with van der Waals surface area (Å²) in [6, 6.07) is 21.9. The van der Waals surface area contributed by atoms with E-state index in [4.69, 9.17) is 18.9 Å². The summed E-state index contributed by atoms with van der Waals surface area (Å²) >= 11 is 0. The molecule has 0 radical (unpaired) electrons. The zero-order valence-electron chi connectivity index (χ0n) is 21.7. The van der Waals surface area contributed by atoms with E-state index < -0.39 is 0 Å². The van der Waals surface area contributed by atoms with Gasteiger partial charge in [0.25, 0.3) is 11.8 Å². The van der Waals surface area contributed by atoms with E-state index in [0.717, 1.165) is 17.0 Å². The zero-order valence-corrected chi connectivity index (χ0v) is 21.7. The molecule has 200 valence electrons. The van der Waals surface area contributed by atoms with Gasteiger partial charge in [-0.15, -0.1) is 5.10 Å². The van der Waals surface area contributed by atoms with Crippen molar-refractivity contribution in [3.05, 3.63) is 83.9 Å². The Morgan fingerprint density at radius 2 is 1.44 bits per heavy atom. The molecule has 2 heterocycles. The number of hydrogen-bond acceptors (Lipinski definition) is 8. The number of carbonyl (C=O) groups is 2. The van der Waals surface area contributed by atoms with Gasteiger partial charge in [-0.05, 0) is 67.6 Å². The molecule has 0 fully saturated rings. The number of carbonyl (C=O) groups excluding carboxylic acids is 2. The van der Waals surface area contributed by atoms with E-state index in [1.165, 1.54) is 4.90 Å². The van der Waals surface area contributed by atoms with Gasteiger partial charge in [0.15, 0.2) is 5.82 Å². The Kier molecular flexibility index (Phi) is 7.83. The number of ether oxygens (including phenoxy) is 4. The highest BCUT2D eigenvalue weighted by atomic mass is 16.5. The van der Waals surface area contributed by atoms with Crippen LogP contribution in [-0.2, 0) is 4.74 Å². The summed E-state index contributed by atoms with van der Waals surface area (Å²) in [5.41, 5.74) is 2.44. The van der Waals surface area contributed by atoms with E-state index in [0.29, 0.717) is 42.5 Å². The van der Waals surface area contributed by atoms with Crippen molar-refractivity contribution in [1.29, 1.82) is 0 Å². The quantitative estimate of drug-likeness (QED) is 0.201. The van der Waals surface area contributed by atoms with Crippen molar-refractivity contribution < 1.29 is 28.5 Å². The van der Waals surface area contributed by atoms with Gasteiger partial charge in [0, 0.05) is 12.2 Å². The van der Waals surface area contributed by atoms with E-state index in [1.807, 2.05) is 43.3 Å². The Balaban J connectivity index is 1.28. The van der Waals surface area contributed by atoms with Crippen LogP contribution in [0.4, 0.5) is 0 Å². The summed E-state index contributed by atoms with van der Waals surface area (Å²) in [7, 11) is 1.61. The van der Waals surface area contributed by atoms with E-state index in [9.17, 15) is 9.59 Å². The van der Waals surface area contributed by atoms with Crippen molar-refractivity contribution in [2.45, 2.75) is 6.92 Å². The SMILES string of the molecule is CCOCCOc1nc(-c2ccc(OCCN3C(=O)c4ccccc4C3=O)cc2)n(-c2ccc(OC)cc2)n1. The Morgan fingerprint density at radius 3 is 2.08 bits per heavy atom. The lowest BCUT2D eigenvalue weighted by Gasteiger charge is -2.14. The molecule has 1 aromatic heterocycles. The first-order valence-electron chi connectivity index (χ1n) is 12.6. The van der Waals surface area contributed by atoms with Crippen LogP contribution in [0.1, 0.15) is 27.6 Å². The molecular weight excluding hydrogens is 500 g/mol. The van der Waals surface area contributed by atoms with E-state index in [2.05, 4.69) is 10.1 Å². The van der Waals surface area contributed by atoms with E-state index in [1.54, 1.807) is 48.2 Å². The van der Waals surface area contributed by atoms with Gasteiger partial charge in [-0.3, -0.25) is 14.5 Å². The minimum Gasteiger partial charge on any atom is -0.497 e. The summed E-state index contributed by atoms with van der Waals surface area (Å²) in [6.07, 6.45) is 0. The molecule has 0 saturated carbocycles. The van der Waals surface area contributed by atoms with Gasteiger partial charge in [0.2, 0.25) is 0 Å². The third-order valence-electron chi connectivity index (χ3n) is 6.14. The number of rotatable bonds is 12. The fourth-order valence-corrected chi connectivity index (χ4v) is 4.18. The second-order valence-electron chi connectivity index (χ2n) is 8.55. The van der Waals surface area contributed by atoms with Crippen LogP contribution in [-0.4, -0.2) is 71.6 Å². The van der Waals surface area contributed by atoms with Crippen LogP contribution in [0.3, 0.4) is 0 Å². The first-order chi connectivity index (χ1) is 19.1. The van der Waals surface area contributed by atoms with Crippen molar-refractivity contribution in [2.75, 3.05) is 40.1 Å². The van der Waals surface area contributed by atoms with Crippen molar-refractivity contribution >= 4 is 11.8 Å². The molecular formula is C29H28N4O6. The molecule has 10 heteroatoms. The van der Waals surface area contributed by atoms with E-state index in [-0.39, 0.29) is 31.0 Å². The number of imide groups is 1. The number of amides is 2. The lowest BCUT2D eigenvalue weighted by Crippen LogP contribution is -2.33. The molecule has 5 rings (SSSR count). The number of aromatic nitrogens is 3. The molecule has 1 aliphatic rings. The third kappa shape index (κ3) is 5.60. The normalized spacial score (nSPS) is 12.5. The Hall–Kier alpha value is -4.70. The maximum Gasteiger partial charge on any atom is 0.336 e. The van der Waals surface area contributed by atoms with Gasteiger partial charge in [-0.1, -0.05) is 12.1 Å². The lowest BCUT2D eigenvalue weighted by molar-refractivity contribution is 0.0631. The second-order valence-corrected chi connectivity index (χ2v) is 8.55. The van der Waals surface area contributed by atoms with Crippen molar-refractivity contribution in [1.82, 2.24) is 19.7 Å². The van der Waals surface area contributed by atoms with Crippen LogP contribution >= 0.6 is 0 Å². The van der Waals surface area contributed by atoms with Gasteiger partial charge in [-0.2, -0.15) is 4.98 Å². The summed E-state index contributed by atoms with van der Waals surface area (Å²) in [5, 5.41) is 4.54. The molecule has 3 aromatic carbocycles.